The third kappa shape index (κ3) is 4.27. The van der Waals surface area contributed by atoms with E-state index in [9.17, 15) is 8.42 Å². The van der Waals surface area contributed by atoms with Crippen LogP contribution in [0.25, 0.3) is 0 Å². The standard InChI is InChI=1S/C15H20N2O3S/c1-2-14-12-17(6-8-20-14)7-9-21(18,19)15-5-3-4-13(10-15)11-16/h3-5,10,14H,2,6-9,12H2,1H3. The Morgan fingerprint density at radius 3 is 3.00 bits per heavy atom. The summed E-state index contributed by atoms with van der Waals surface area (Å²) in [6.07, 6.45) is 1.14. The number of ether oxygens (including phenoxy) is 1. The van der Waals surface area contributed by atoms with Crippen molar-refractivity contribution in [3.05, 3.63) is 29.8 Å². The average molecular weight is 308 g/mol. The summed E-state index contributed by atoms with van der Waals surface area (Å²) in [6.45, 7) is 4.77. The summed E-state index contributed by atoms with van der Waals surface area (Å²) in [5.41, 5.74) is 0.369. The van der Waals surface area contributed by atoms with E-state index in [0.29, 0.717) is 18.7 Å². The van der Waals surface area contributed by atoms with Gasteiger partial charge in [0, 0.05) is 19.6 Å². The van der Waals surface area contributed by atoms with Crippen LogP contribution in [0.2, 0.25) is 0 Å². The lowest BCUT2D eigenvalue weighted by Crippen LogP contribution is -2.44. The molecule has 0 bridgehead atoms. The lowest BCUT2D eigenvalue weighted by molar-refractivity contribution is -0.0275. The summed E-state index contributed by atoms with van der Waals surface area (Å²) in [7, 11) is -3.35. The smallest absolute Gasteiger partial charge is 0.179 e. The van der Waals surface area contributed by atoms with E-state index in [2.05, 4.69) is 11.8 Å². The molecule has 21 heavy (non-hydrogen) atoms. The summed E-state index contributed by atoms with van der Waals surface area (Å²) >= 11 is 0. The first-order chi connectivity index (χ1) is 10.0. The van der Waals surface area contributed by atoms with Crippen molar-refractivity contribution in [2.75, 3.05) is 32.0 Å². The van der Waals surface area contributed by atoms with Crippen molar-refractivity contribution in [2.24, 2.45) is 0 Å². The van der Waals surface area contributed by atoms with Crippen LogP contribution in [0.3, 0.4) is 0 Å². The highest BCUT2D eigenvalue weighted by atomic mass is 32.2. The van der Waals surface area contributed by atoms with Gasteiger partial charge in [0.15, 0.2) is 9.84 Å². The molecule has 1 aromatic rings. The molecule has 1 heterocycles. The third-order valence-electron chi connectivity index (χ3n) is 3.68. The second kappa shape index (κ2) is 7.03. The Balaban J connectivity index is 1.99. The highest BCUT2D eigenvalue weighted by molar-refractivity contribution is 7.91. The molecule has 1 atom stereocenters. The largest absolute Gasteiger partial charge is 0.376 e. The monoisotopic (exact) mass is 308 g/mol. The van der Waals surface area contributed by atoms with Crippen molar-refractivity contribution in [3.8, 4) is 6.07 Å². The van der Waals surface area contributed by atoms with Crippen LogP contribution in [0, 0.1) is 11.3 Å². The minimum Gasteiger partial charge on any atom is -0.376 e. The molecule has 114 valence electrons. The summed E-state index contributed by atoms with van der Waals surface area (Å²) < 4.78 is 30.2. The van der Waals surface area contributed by atoms with Gasteiger partial charge in [0.25, 0.3) is 0 Å². The van der Waals surface area contributed by atoms with Crippen LogP contribution in [0.1, 0.15) is 18.9 Å². The predicted molar refractivity (Wildman–Crippen MR) is 79.7 cm³/mol. The molecule has 0 aromatic heterocycles. The zero-order valence-electron chi connectivity index (χ0n) is 12.2. The normalized spacial score (nSPS) is 20.1. The van der Waals surface area contributed by atoms with Crippen molar-refractivity contribution >= 4 is 9.84 Å². The maximum absolute atomic E-state index is 12.3. The lowest BCUT2D eigenvalue weighted by Gasteiger charge is -2.32. The molecule has 0 aliphatic carbocycles. The topological polar surface area (TPSA) is 70.4 Å². The van der Waals surface area contributed by atoms with Gasteiger partial charge in [-0.25, -0.2) is 8.42 Å². The van der Waals surface area contributed by atoms with E-state index in [4.69, 9.17) is 10.00 Å². The molecule has 1 saturated heterocycles. The summed E-state index contributed by atoms with van der Waals surface area (Å²) in [6, 6.07) is 8.16. The quantitative estimate of drug-likeness (QED) is 0.823. The Kier molecular flexibility index (Phi) is 5.34. The lowest BCUT2D eigenvalue weighted by atomic mass is 10.2. The molecule has 0 amide bonds. The molecule has 5 nitrogen and oxygen atoms in total. The third-order valence-corrected chi connectivity index (χ3v) is 5.37. The van der Waals surface area contributed by atoms with Crippen molar-refractivity contribution in [2.45, 2.75) is 24.3 Å². The van der Waals surface area contributed by atoms with Gasteiger partial charge in [-0.3, -0.25) is 4.90 Å². The molecule has 0 N–H and O–H groups in total. The first-order valence-electron chi connectivity index (χ1n) is 7.12. The Bertz CT molecular complexity index is 622. The zero-order valence-corrected chi connectivity index (χ0v) is 13.0. The number of hydrogen-bond donors (Lipinski definition) is 0. The van der Waals surface area contributed by atoms with Gasteiger partial charge in [0.05, 0.1) is 35.0 Å². The van der Waals surface area contributed by atoms with Gasteiger partial charge >= 0.3 is 0 Å². The van der Waals surface area contributed by atoms with Crippen LogP contribution >= 0.6 is 0 Å². The number of benzene rings is 1. The number of nitriles is 1. The SMILES string of the molecule is CCC1CN(CCS(=O)(=O)c2cccc(C#N)c2)CCO1. The van der Waals surface area contributed by atoms with E-state index in [1.165, 1.54) is 6.07 Å². The van der Waals surface area contributed by atoms with Crippen molar-refractivity contribution < 1.29 is 13.2 Å². The average Bonchev–Trinajstić information content (AvgIpc) is 2.53. The van der Waals surface area contributed by atoms with Crippen LogP contribution in [0.15, 0.2) is 29.2 Å². The number of rotatable bonds is 5. The molecule has 1 unspecified atom stereocenters. The van der Waals surface area contributed by atoms with Crippen LogP contribution < -0.4 is 0 Å². The molecule has 0 saturated carbocycles. The van der Waals surface area contributed by atoms with E-state index in [0.717, 1.165) is 19.5 Å². The van der Waals surface area contributed by atoms with Crippen LogP contribution in [0.5, 0.6) is 0 Å². The fraction of sp³-hybridized carbons (Fsp3) is 0.533. The number of nitrogens with zero attached hydrogens (tertiary/aromatic N) is 2. The van der Waals surface area contributed by atoms with Gasteiger partial charge in [-0.1, -0.05) is 13.0 Å². The highest BCUT2D eigenvalue weighted by Crippen LogP contribution is 2.14. The Morgan fingerprint density at radius 1 is 1.48 bits per heavy atom. The Hall–Kier alpha value is -1.42. The number of hydrogen-bond acceptors (Lipinski definition) is 5. The molecule has 2 rings (SSSR count). The van der Waals surface area contributed by atoms with Gasteiger partial charge in [0.2, 0.25) is 0 Å². The molecular weight excluding hydrogens is 288 g/mol. The van der Waals surface area contributed by atoms with E-state index in [-0.39, 0.29) is 16.8 Å². The maximum Gasteiger partial charge on any atom is 0.179 e. The van der Waals surface area contributed by atoms with E-state index >= 15 is 0 Å². The Morgan fingerprint density at radius 2 is 2.29 bits per heavy atom. The van der Waals surface area contributed by atoms with Gasteiger partial charge in [0.1, 0.15) is 0 Å². The first kappa shape index (κ1) is 16.0. The van der Waals surface area contributed by atoms with Gasteiger partial charge < -0.3 is 4.74 Å². The highest BCUT2D eigenvalue weighted by Gasteiger charge is 2.22. The molecule has 0 spiro atoms. The predicted octanol–water partition coefficient (Wildman–Crippen LogP) is 1.44. The van der Waals surface area contributed by atoms with Crippen molar-refractivity contribution in [1.82, 2.24) is 4.90 Å². The van der Waals surface area contributed by atoms with Crippen molar-refractivity contribution in [3.63, 3.8) is 0 Å². The van der Waals surface area contributed by atoms with Crippen molar-refractivity contribution in [1.29, 1.82) is 5.26 Å². The van der Waals surface area contributed by atoms with E-state index < -0.39 is 9.84 Å². The fourth-order valence-electron chi connectivity index (χ4n) is 2.36. The second-order valence-corrected chi connectivity index (χ2v) is 7.27. The Labute approximate surface area is 126 Å². The second-order valence-electron chi connectivity index (χ2n) is 5.16. The minimum absolute atomic E-state index is 0.0678. The molecule has 0 radical (unpaired) electrons. The molecule has 1 aromatic carbocycles. The minimum atomic E-state index is -3.35. The van der Waals surface area contributed by atoms with Gasteiger partial charge in [-0.05, 0) is 24.6 Å². The molecule has 1 aliphatic rings. The van der Waals surface area contributed by atoms with Crippen LogP contribution in [-0.2, 0) is 14.6 Å². The molecule has 1 aliphatic heterocycles. The van der Waals surface area contributed by atoms with Gasteiger partial charge in [-0.15, -0.1) is 0 Å². The van der Waals surface area contributed by atoms with Crippen LogP contribution in [-0.4, -0.2) is 51.4 Å². The molecular formula is C15H20N2O3S. The summed E-state index contributed by atoms with van der Waals surface area (Å²) in [4.78, 5) is 2.35. The summed E-state index contributed by atoms with van der Waals surface area (Å²) in [5, 5.41) is 8.85. The fourth-order valence-corrected chi connectivity index (χ4v) is 3.68. The number of sulfone groups is 1. The maximum atomic E-state index is 12.3. The van der Waals surface area contributed by atoms with E-state index in [1.54, 1.807) is 18.2 Å². The molecule has 6 heteroatoms. The zero-order chi connectivity index (χ0) is 15.3. The first-order valence-corrected chi connectivity index (χ1v) is 8.77. The van der Waals surface area contributed by atoms with Gasteiger partial charge in [-0.2, -0.15) is 5.26 Å². The van der Waals surface area contributed by atoms with Crippen LogP contribution in [0.4, 0.5) is 0 Å². The summed E-state index contributed by atoms with van der Waals surface area (Å²) in [5.74, 6) is 0.0678. The molecule has 1 fully saturated rings. The number of morpholine rings is 1. The van der Waals surface area contributed by atoms with E-state index in [1.807, 2.05) is 6.07 Å².